The Morgan fingerprint density at radius 1 is 1.12 bits per heavy atom. The number of para-hydroxylation sites is 1. The minimum Gasteiger partial charge on any atom is -0.492 e. The van der Waals surface area contributed by atoms with E-state index in [2.05, 4.69) is 10.4 Å². The van der Waals surface area contributed by atoms with Gasteiger partial charge in [0.15, 0.2) is 0 Å². The summed E-state index contributed by atoms with van der Waals surface area (Å²) in [5.74, 6) is 0.826. The van der Waals surface area contributed by atoms with Gasteiger partial charge in [-0.25, -0.2) is 4.68 Å². The predicted octanol–water partition coefficient (Wildman–Crippen LogP) is 2.87. The van der Waals surface area contributed by atoms with Gasteiger partial charge in [0.05, 0.1) is 16.6 Å². The lowest BCUT2D eigenvalue weighted by atomic mass is 10.2. The molecule has 1 saturated heterocycles. The lowest BCUT2D eigenvalue weighted by molar-refractivity contribution is 0.277. The highest BCUT2D eigenvalue weighted by atomic mass is 35.5. The van der Waals surface area contributed by atoms with Gasteiger partial charge in [-0.05, 0) is 55.8 Å². The van der Waals surface area contributed by atoms with Gasteiger partial charge in [0.1, 0.15) is 12.4 Å². The van der Waals surface area contributed by atoms with Gasteiger partial charge < -0.3 is 10.1 Å². The third kappa shape index (κ3) is 3.18. The topological polar surface area (TPSA) is 59.0 Å². The van der Waals surface area contributed by atoms with Crippen LogP contribution in [0.5, 0.6) is 5.75 Å². The summed E-state index contributed by atoms with van der Waals surface area (Å²) in [6.45, 7) is 1.77. The number of nitrogens with one attached hydrogen (secondary N) is 2. The molecule has 126 valence electrons. The van der Waals surface area contributed by atoms with Crippen LogP contribution in [0.15, 0.2) is 53.3 Å². The number of aromatic nitrogens is 2. The summed E-state index contributed by atoms with van der Waals surface area (Å²) in [6, 6.07) is 15.6. The van der Waals surface area contributed by atoms with Gasteiger partial charge >= 0.3 is 0 Å². The highest BCUT2D eigenvalue weighted by Crippen LogP contribution is 2.17. The summed E-state index contributed by atoms with van der Waals surface area (Å²) in [5, 5.41) is 7.24. The molecule has 1 aromatic heterocycles. The number of ether oxygens (including phenoxy) is 1. The number of halogens is 1. The van der Waals surface area contributed by atoms with Crippen molar-refractivity contribution in [2.45, 2.75) is 18.9 Å². The van der Waals surface area contributed by atoms with Crippen LogP contribution in [0.3, 0.4) is 0 Å². The summed E-state index contributed by atoms with van der Waals surface area (Å²) in [4.78, 5) is 12.4. The largest absolute Gasteiger partial charge is 0.492 e. The average Bonchev–Trinajstić information content (AvgIpc) is 3.22. The molecular formula is C18H20ClN3O2. The molecular weight excluding hydrogens is 326 g/mol. The molecule has 0 amide bonds. The molecule has 0 bridgehead atoms. The van der Waals surface area contributed by atoms with E-state index in [0.29, 0.717) is 18.0 Å². The van der Waals surface area contributed by atoms with Crippen molar-refractivity contribution in [1.82, 2.24) is 15.1 Å². The molecule has 3 aromatic rings. The molecule has 0 aliphatic carbocycles. The first-order valence-corrected chi connectivity index (χ1v) is 7.98. The van der Waals surface area contributed by atoms with E-state index in [1.165, 1.54) is 12.8 Å². The van der Waals surface area contributed by atoms with E-state index >= 15 is 0 Å². The van der Waals surface area contributed by atoms with E-state index in [1.54, 1.807) is 4.68 Å². The van der Waals surface area contributed by atoms with Crippen molar-refractivity contribution in [3.05, 3.63) is 58.9 Å². The number of aromatic amines is 1. The SMILES string of the molecule is Cl.O=c1c2ccccc2[nH]n1-c1ccc(OC[C@H]2CCCN2)cc1. The maximum Gasteiger partial charge on any atom is 0.279 e. The van der Waals surface area contributed by atoms with E-state index in [4.69, 9.17) is 4.74 Å². The second kappa shape index (κ2) is 7.11. The highest BCUT2D eigenvalue weighted by molar-refractivity contribution is 5.85. The zero-order valence-corrected chi connectivity index (χ0v) is 14.0. The van der Waals surface area contributed by atoms with Crippen molar-refractivity contribution in [1.29, 1.82) is 0 Å². The second-order valence-electron chi connectivity index (χ2n) is 5.90. The maximum absolute atomic E-state index is 12.4. The van der Waals surface area contributed by atoms with Crippen LogP contribution in [0.2, 0.25) is 0 Å². The number of nitrogens with zero attached hydrogens (tertiary/aromatic N) is 1. The monoisotopic (exact) mass is 345 g/mol. The molecule has 2 heterocycles. The fourth-order valence-electron chi connectivity index (χ4n) is 3.03. The molecule has 1 aliphatic heterocycles. The minimum atomic E-state index is -0.0376. The van der Waals surface area contributed by atoms with E-state index < -0.39 is 0 Å². The number of benzene rings is 2. The van der Waals surface area contributed by atoms with Crippen LogP contribution in [-0.2, 0) is 0 Å². The van der Waals surface area contributed by atoms with Crippen LogP contribution in [-0.4, -0.2) is 29.0 Å². The van der Waals surface area contributed by atoms with Crippen LogP contribution in [0.25, 0.3) is 16.6 Å². The van der Waals surface area contributed by atoms with Gasteiger partial charge in [-0.15, -0.1) is 12.4 Å². The molecule has 1 atom stereocenters. The fourth-order valence-corrected chi connectivity index (χ4v) is 3.03. The van der Waals surface area contributed by atoms with Gasteiger partial charge in [-0.2, -0.15) is 0 Å². The predicted molar refractivity (Wildman–Crippen MR) is 97.7 cm³/mol. The summed E-state index contributed by atoms with van der Waals surface area (Å²) >= 11 is 0. The Hall–Kier alpha value is -2.24. The lowest BCUT2D eigenvalue weighted by Gasteiger charge is -2.12. The molecule has 4 rings (SSSR count). The van der Waals surface area contributed by atoms with Crippen LogP contribution in [0, 0.1) is 0 Å². The van der Waals surface area contributed by atoms with Crippen LogP contribution in [0.1, 0.15) is 12.8 Å². The van der Waals surface area contributed by atoms with Crippen molar-refractivity contribution < 1.29 is 4.74 Å². The Labute approximate surface area is 146 Å². The van der Waals surface area contributed by atoms with Crippen molar-refractivity contribution in [3.63, 3.8) is 0 Å². The fraction of sp³-hybridized carbons (Fsp3) is 0.278. The lowest BCUT2D eigenvalue weighted by Crippen LogP contribution is -2.28. The third-order valence-electron chi connectivity index (χ3n) is 4.30. The van der Waals surface area contributed by atoms with Crippen LogP contribution < -0.4 is 15.6 Å². The van der Waals surface area contributed by atoms with Crippen molar-refractivity contribution in [2.24, 2.45) is 0 Å². The Morgan fingerprint density at radius 2 is 1.92 bits per heavy atom. The van der Waals surface area contributed by atoms with Crippen molar-refractivity contribution in [3.8, 4) is 11.4 Å². The Bertz CT molecular complexity index is 864. The first-order valence-electron chi connectivity index (χ1n) is 7.98. The highest BCUT2D eigenvalue weighted by Gasteiger charge is 2.14. The molecule has 0 saturated carbocycles. The molecule has 0 spiro atoms. The summed E-state index contributed by atoms with van der Waals surface area (Å²) in [6.07, 6.45) is 2.39. The summed E-state index contributed by atoms with van der Waals surface area (Å²) in [7, 11) is 0. The molecule has 0 unspecified atom stereocenters. The van der Waals surface area contributed by atoms with Gasteiger partial charge in [-0.1, -0.05) is 12.1 Å². The molecule has 1 fully saturated rings. The Morgan fingerprint density at radius 3 is 2.62 bits per heavy atom. The average molecular weight is 346 g/mol. The summed E-state index contributed by atoms with van der Waals surface area (Å²) in [5.41, 5.74) is 1.60. The first kappa shape index (κ1) is 16.6. The van der Waals surface area contributed by atoms with Crippen molar-refractivity contribution >= 4 is 23.3 Å². The first-order chi connectivity index (χ1) is 11.3. The third-order valence-corrected chi connectivity index (χ3v) is 4.30. The molecule has 5 nitrogen and oxygen atoms in total. The molecule has 2 N–H and O–H groups in total. The second-order valence-corrected chi connectivity index (χ2v) is 5.90. The van der Waals surface area contributed by atoms with Crippen molar-refractivity contribution in [2.75, 3.05) is 13.2 Å². The molecule has 24 heavy (non-hydrogen) atoms. The number of rotatable bonds is 4. The van der Waals surface area contributed by atoms with E-state index in [0.717, 1.165) is 23.5 Å². The maximum atomic E-state index is 12.4. The standard InChI is InChI=1S/C18H19N3O2.ClH/c22-18-16-5-1-2-6-17(16)20-21(18)14-7-9-15(10-8-14)23-12-13-4-3-11-19-13;/h1-2,5-10,13,19-20H,3-4,11-12H2;1H/t13-;/m1./s1. The number of hydrogen-bond acceptors (Lipinski definition) is 3. The molecule has 6 heteroatoms. The van der Waals surface area contributed by atoms with Gasteiger partial charge in [-0.3, -0.25) is 9.89 Å². The van der Waals surface area contributed by atoms with Crippen LogP contribution >= 0.6 is 12.4 Å². The zero-order valence-electron chi connectivity index (χ0n) is 13.2. The zero-order chi connectivity index (χ0) is 15.6. The van der Waals surface area contributed by atoms with Gasteiger partial charge in [0, 0.05) is 6.04 Å². The number of H-pyrrole nitrogens is 1. The van der Waals surface area contributed by atoms with E-state index in [-0.39, 0.29) is 18.0 Å². The molecule has 1 aliphatic rings. The van der Waals surface area contributed by atoms with Crippen LogP contribution in [0.4, 0.5) is 0 Å². The van der Waals surface area contributed by atoms with Gasteiger partial charge in [0.2, 0.25) is 0 Å². The molecule has 2 aromatic carbocycles. The molecule has 0 radical (unpaired) electrons. The number of hydrogen-bond donors (Lipinski definition) is 2. The Kier molecular flexibility index (Phi) is 4.92. The number of fused-ring (bicyclic) bond motifs is 1. The van der Waals surface area contributed by atoms with E-state index in [9.17, 15) is 4.79 Å². The minimum absolute atomic E-state index is 0. The van der Waals surface area contributed by atoms with E-state index in [1.807, 2.05) is 48.5 Å². The Balaban J connectivity index is 0.00000169. The quantitative estimate of drug-likeness (QED) is 0.764. The van der Waals surface area contributed by atoms with Gasteiger partial charge in [0.25, 0.3) is 5.56 Å². The normalized spacial score (nSPS) is 16.9. The summed E-state index contributed by atoms with van der Waals surface area (Å²) < 4.78 is 7.37. The smallest absolute Gasteiger partial charge is 0.279 e.